The molecule has 39 heavy (non-hydrogen) atoms. The van der Waals surface area contributed by atoms with Gasteiger partial charge < -0.3 is 9.31 Å². The van der Waals surface area contributed by atoms with Crippen LogP contribution in [0, 0.1) is 0 Å². The van der Waals surface area contributed by atoms with Crippen molar-refractivity contribution < 1.29 is 9.31 Å². The van der Waals surface area contributed by atoms with Gasteiger partial charge in [-0.15, -0.1) is 0 Å². The minimum Gasteiger partial charge on any atom is -0.528 e. The van der Waals surface area contributed by atoms with Crippen LogP contribution in [0.3, 0.4) is 0 Å². The zero-order valence-corrected chi connectivity index (χ0v) is 21.5. The maximum Gasteiger partial charge on any atom is 0.576 e. The van der Waals surface area contributed by atoms with Crippen LogP contribution in [0.1, 0.15) is 0 Å². The summed E-state index contributed by atoms with van der Waals surface area (Å²) in [5, 5.41) is 0. The zero-order valence-electron chi connectivity index (χ0n) is 21.5. The zero-order chi connectivity index (χ0) is 26.3. The second kappa shape index (κ2) is 11.6. The van der Waals surface area contributed by atoms with Crippen molar-refractivity contribution in [3.63, 3.8) is 0 Å². The second-order valence-corrected chi connectivity index (χ2v) is 9.36. The summed E-state index contributed by atoms with van der Waals surface area (Å²) >= 11 is 0. The lowest BCUT2D eigenvalue weighted by Crippen LogP contribution is -2.11. The van der Waals surface area contributed by atoms with Gasteiger partial charge in [0.25, 0.3) is 0 Å². The molecule has 0 radical (unpaired) electrons. The van der Waals surface area contributed by atoms with Gasteiger partial charge >= 0.3 is 7.69 Å². The number of benzene rings is 6. The first-order chi connectivity index (χ1) is 19.3. The molecule has 0 atom stereocenters. The first kappa shape index (κ1) is 24.3. The molecule has 0 heterocycles. The van der Waals surface area contributed by atoms with Gasteiger partial charge in [0.2, 0.25) is 0 Å². The van der Waals surface area contributed by atoms with Gasteiger partial charge in [-0.05, 0) is 80.9 Å². The Morgan fingerprint density at radius 3 is 0.795 bits per heavy atom. The molecule has 6 aromatic carbocycles. The largest absolute Gasteiger partial charge is 0.576 e. The highest BCUT2D eigenvalue weighted by molar-refractivity contribution is 6.20. The molecule has 0 aromatic heterocycles. The normalized spacial score (nSPS) is 10.6. The Morgan fingerprint density at radius 1 is 0.282 bits per heavy atom. The van der Waals surface area contributed by atoms with E-state index in [1.165, 1.54) is 0 Å². The summed E-state index contributed by atoms with van der Waals surface area (Å²) in [4.78, 5) is 0. The van der Waals surface area contributed by atoms with Crippen LogP contribution in [0.2, 0.25) is 0 Å². The predicted octanol–water partition coefficient (Wildman–Crippen LogP) is 9.08. The summed E-state index contributed by atoms with van der Waals surface area (Å²) in [5.41, 5.74) is 8.98. The third kappa shape index (κ3) is 5.94. The lowest BCUT2D eigenvalue weighted by Gasteiger charge is -2.14. The van der Waals surface area contributed by atoms with E-state index in [9.17, 15) is 0 Å². The monoisotopic (exact) mass is 502 g/mol. The molecule has 6 rings (SSSR count). The molecular formula is C36H27BO2. The Balaban J connectivity index is 1.29. The summed E-state index contributed by atoms with van der Waals surface area (Å²) in [6.07, 6.45) is 0. The van der Waals surface area contributed by atoms with Gasteiger partial charge in [-0.1, -0.05) is 121 Å². The van der Waals surface area contributed by atoms with E-state index in [1.807, 2.05) is 24.3 Å². The van der Waals surface area contributed by atoms with Gasteiger partial charge in [0, 0.05) is 0 Å². The summed E-state index contributed by atoms with van der Waals surface area (Å²) in [7, 11) is 0.0962. The predicted molar refractivity (Wildman–Crippen MR) is 163 cm³/mol. The Bertz CT molecular complexity index is 1410. The number of rotatable bonds is 8. The van der Waals surface area contributed by atoms with E-state index < -0.39 is 0 Å². The van der Waals surface area contributed by atoms with Crippen molar-refractivity contribution in [2.45, 2.75) is 0 Å². The molecule has 0 aliphatic rings. The van der Waals surface area contributed by atoms with Gasteiger partial charge in [0.1, 0.15) is 11.5 Å². The molecule has 0 aliphatic heterocycles. The lowest BCUT2D eigenvalue weighted by molar-refractivity contribution is 0.459. The van der Waals surface area contributed by atoms with Crippen LogP contribution >= 0.6 is 0 Å². The maximum absolute atomic E-state index is 6.20. The van der Waals surface area contributed by atoms with E-state index >= 15 is 0 Å². The minimum atomic E-state index is 0.0962. The molecule has 3 heteroatoms. The Kier molecular flexibility index (Phi) is 7.22. The van der Waals surface area contributed by atoms with E-state index in [4.69, 9.17) is 9.31 Å². The number of hydrogen-bond donors (Lipinski definition) is 0. The van der Waals surface area contributed by atoms with Crippen LogP contribution in [0.25, 0.3) is 44.5 Å². The molecule has 0 spiro atoms. The smallest absolute Gasteiger partial charge is 0.528 e. The van der Waals surface area contributed by atoms with Crippen molar-refractivity contribution in [1.82, 2.24) is 0 Å². The lowest BCUT2D eigenvalue weighted by atomic mass is 9.98. The van der Waals surface area contributed by atoms with Crippen LogP contribution < -0.4 is 9.31 Å². The van der Waals surface area contributed by atoms with Crippen molar-refractivity contribution in [1.29, 1.82) is 0 Å². The Hall–Kier alpha value is -5.02. The molecule has 0 aliphatic carbocycles. The second-order valence-electron chi connectivity index (χ2n) is 9.36. The molecular weight excluding hydrogens is 475 g/mol. The Labute approximate surface area is 230 Å². The van der Waals surface area contributed by atoms with Gasteiger partial charge in [-0.3, -0.25) is 0 Å². The van der Waals surface area contributed by atoms with Crippen molar-refractivity contribution >= 4 is 7.69 Å². The van der Waals surface area contributed by atoms with Crippen molar-refractivity contribution in [3.8, 4) is 56.0 Å². The fraction of sp³-hybridized carbons (Fsp3) is 0. The van der Waals surface area contributed by atoms with Gasteiger partial charge in [0.15, 0.2) is 0 Å². The molecule has 0 N–H and O–H groups in total. The molecule has 0 saturated carbocycles. The fourth-order valence-electron chi connectivity index (χ4n) is 4.72. The third-order valence-electron chi connectivity index (χ3n) is 6.69. The summed E-state index contributed by atoms with van der Waals surface area (Å²) in [6.45, 7) is 0. The van der Waals surface area contributed by atoms with Gasteiger partial charge in [-0.2, -0.15) is 0 Å². The SMILES string of the molecule is B(Oc1cc(-c2ccccc2)cc(-c2ccccc2)c1)Oc1cc(-c2ccccc2)cc(-c2ccccc2)c1. The molecule has 0 saturated heterocycles. The first-order valence-corrected chi connectivity index (χ1v) is 13.1. The minimum absolute atomic E-state index is 0.0962. The molecule has 2 nitrogen and oxygen atoms in total. The van der Waals surface area contributed by atoms with Crippen LogP contribution in [0.5, 0.6) is 11.5 Å². The van der Waals surface area contributed by atoms with Crippen molar-refractivity contribution in [3.05, 3.63) is 158 Å². The van der Waals surface area contributed by atoms with E-state index in [-0.39, 0.29) is 7.69 Å². The van der Waals surface area contributed by atoms with Crippen LogP contribution in [-0.4, -0.2) is 7.69 Å². The quantitative estimate of drug-likeness (QED) is 0.193. The third-order valence-corrected chi connectivity index (χ3v) is 6.69. The highest BCUT2D eigenvalue weighted by Gasteiger charge is 2.10. The summed E-state index contributed by atoms with van der Waals surface area (Å²) < 4.78 is 12.4. The maximum atomic E-state index is 6.20. The topological polar surface area (TPSA) is 18.5 Å². The van der Waals surface area contributed by atoms with Crippen molar-refractivity contribution in [2.24, 2.45) is 0 Å². The highest BCUT2D eigenvalue weighted by Crippen LogP contribution is 2.33. The average Bonchev–Trinajstić information content (AvgIpc) is 3.02. The fourth-order valence-corrected chi connectivity index (χ4v) is 4.72. The van der Waals surface area contributed by atoms with E-state index in [0.29, 0.717) is 0 Å². The van der Waals surface area contributed by atoms with E-state index in [1.54, 1.807) is 0 Å². The summed E-state index contributed by atoms with van der Waals surface area (Å²) in [6, 6.07) is 54.2. The van der Waals surface area contributed by atoms with Crippen molar-refractivity contribution in [2.75, 3.05) is 0 Å². The highest BCUT2D eigenvalue weighted by atomic mass is 16.6. The molecule has 6 aromatic rings. The number of hydrogen-bond acceptors (Lipinski definition) is 2. The van der Waals surface area contributed by atoms with Gasteiger partial charge in [0.05, 0.1) is 0 Å². The van der Waals surface area contributed by atoms with E-state index in [0.717, 1.165) is 56.0 Å². The first-order valence-electron chi connectivity index (χ1n) is 13.1. The standard InChI is InChI=1S/C36H27BO2/c1-5-13-27(14-6-1)31-21-32(28-15-7-2-8-16-28)24-35(23-31)38-37-39-36-25-33(29-17-9-3-10-18-29)22-34(26-36)30-19-11-4-12-20-30/h1-26,37H. The Morgan fingerprint density at radius 2 is 0.538 bits per heavy atom. The van der Waals surface area contributed by atoms with Gasteiger partial charge in [-0.25, -0.2) is 0 Å². The van der Waals surface area contributed by atoms with E-state index in [2.05, 4.69) is 133 Å². The average molecular weight is 502 g/mol. The van der Waals surface area contributed by atoms with Crippen LogP contribution in [-0.2, 0) is 0 Å². The molecule has 0 amide bonds. The van der Waals surface area contributed by atoms with Crippen LogP contribution in [0.15, 0.2) is 158 Å². The molecule has 0 unspecified atom stereocenters. The molecule has 0 fully saturated rings. The molecule has 0 bridgehead atoms. The van der Waals surface area contributed by atoms with Crippen LogP contribution in [0.4, 0.5) is 0 Å². The summed E-state index contributed by atoms with van der Waals surface area (Å²) in [5.74, 6) is 1.52. The molecule has 186 valence electrons.